The first kappa shape index (κ1) is 21.8. The zero-order valence-corrected chi connectivity index (χ0v) is 17.7. The van der Waals surface area contributed by atoms with Gasteiger partial charge in [-0.15, -0.1) is 0 Å². The van der Waals surface area contributed by atoms with Gasteiger partial charge in [0.25, 0.3) is 5.91 Å². The first-order valence-electron chi connectivity index (χ1n) is 8.84. The third-order valence-electron chi connectivity index (χ3n) is 4.11. The summed E-state index contributed by atoms with van der Waals surface area (Å²) < 4.78 is 44.1. The maximum Gasteiger partial charge on any atom is 0.259 e. The number of benzene rings is 2. The number of rotatable bonds is 8. The standard InChI is InChI=1S/C20H20N4O6S/c1-28-14-6-9-16(17(12-14)29-2)19(25)23-13-4-7-15(8-5-13)31(26,27)24-18-20(30-3)22-11-10-21-18/h4-12H,1-3H3,(H2,21,23,24,25)/p-1. The van der Waals surface area contributed by atoms with E-state index >= 15 is 0 Å². The van der Waals surface area contributed by atoms with Crippen molar-refractivity contribution in [2.75, 3.05) is 26.6 Å². The molecule has 2 aromatic carbocycles. The van der Waals surface area contributed by atoms with Crippen molar-refractivity contribution in [3.63, 3.8) is 0 Å². The first-order chi connectivity index (χ1) is 14.9. The summed E-state index contributed by atoms with van der Waals surface area (Å²) in [4.78, 5) is 20.2. The normalized spacial score (nSPS) is 10.8. The van der Waals surface area contributed by atoms with Gasteiger partial charge in [0.15, 0.2) is 0 Å². The van der Waals surface area contributed by atoms with Gasteiger partial charge in [0.2, 0.25) is 15.9 Å². The van der Waals surface area contributed by atoms with Gasteiger partial charge in [0, 0.05) is 23.8 Å². The minimum atomic E-state index is -4.07. The van der Waals surface area contributed by atoms with E-state index in [1.807, 2.05) is 0 Å². The Kier molecular flexibility index (Phi) is 6.55. The van der Waals surface area contributed by atoms with Crippen LogP contribution in [0.3, 0.4) is 0 Å². The second-order valence-corrected chi connectivity index (χ2v) is 7.60. The predicted molar refractivity (Wildman–Crippen MR) is 113 cm³/mol. The summed E-state index contributed by atoms with van der Waals surface area (Å²) >= 11 is 0. The number of methoxy groups -OCH3 is 3. The number of nitrogens with one attached hydrogen (secondary N) is 1. The lowest BCUT2D eigenvalue weighted by molar-refractivity contribution is 0.102. The summed E-state index contributed by atoms with van der Waals surface area (Å²) in [6, 6.07) is 10.3. The van der Waals surface area contributed by atoms with Gasteiger partial charge in [-0.05, 0) is 36.4 Å². The number of carbonyl (C=O) groups is 1. The van der Waals surface area contributed by atoms with Gasteiger partial charge >= 0.3 is 0 Å². The van der Waals surface area contributed by atoms with E-state index in [1.54, 1.807) is 18.2 Å². The van der Waals surface area contributed by atoms with Crippen molar-refractivity contribution in [2.45, 2.75) is 4.90 Å². The molecule has 1 heterocycles. The largest absolute Gasteiger partial charge is 0.497 e. The summed E-state index contributed by atoms with van der Waals surface area (Å²) in [5.74, 6) is 0.292. The van der Waals surface area contributed by atoms with E-state index in [1.165, 1.54) is 58.0 Å². The Bertz CT molecular complexity index is 1180. The highest BCUT2D eigenvalue weighted by Crippen LogP contribution is 2.32. The van der Waals surface area contributed by atoms with Crippen LogP contribution < -0.4 is 19.5 Å². The molecular weight excluding hydrogens is 424 g/mol. The minimum absolute atomic E-state index is 0.0107. The van der Waals surface area contributed by atoms with Gasteiger partial charge in [0.1, 0.15) is 11.5 Å². The molecule has 0 bridgehead atoms. The molecule has 0 atom stereocenters. The molecule has 1 amide bonds. The van der Waals surface area contributed by atoms with E-state index in [4.69, 9.17) is 14.2 Å². The molecule has 10 nitrogen and oxygen atoms in total. The highest BCUT2D eigenvalue weighted by Gasteiger charge is 2.15. The van der Waals surface area contributed by atoms with Crippen LogP contribution in [0, 0.1) is 0 Å². The van der Waals surface area contributed by atoms with Crippen molar-refractivity contribution in [2.24, 2.45) is 0 Å². The van der Waals surface area contributed by atoms with Crippen molar-refractivity contribution in [3.8, 4) is 17.4 Å². The molecule has 0 saturated heterocycles. The van der Waals surface area contributed by atoms with Crippen LogP contribution in [0.2, 0.25) is 0 Å². The van der Waals surface area contributed by atoms with Crippen LogP contribution in [0.5, 0.6) is 17.4 Å². The maximum absolute atomic E-state index is 12.6. The van der Waals surface area contributed by atoms with E-state index in [0.29, 0.717) is 22.7 Å². The molecular formula is C20H19N4O6S-. The maximum atomic E-state index is 12.6. The number of hydrogen-bond acceptors (Lipinski definition) is 8. The number of carbonyl (C=O) groups excluding carboxylic acids is 1. The van der Waals surface area contributed by atoms with Gasteiger partial charge in [-0.2, -0.15) is 0 Å². The van der Waals surface area contributed by atoms with Gasteiger partial charge in [-0.3, -0.25) is 4.79 Å². The molecule has 162 valence electrons. The average molecular weight is 443 g/mol. The molecule has 3 aromatic rings. The number of anilines is 1. The van der Waals surface area contributed by atoms with Gasteiger partial charge < -0.3 is 29.2 Å². The second-order valence-electron chi connectivity index (χ2n) is 6.00. The topological polar surface area (TPSA) is 131 Å². The highest BCUT2D eigenvalue weighted by molar-refractivity contribution is 7.94. The van der Waals surface area contributed by atoms with Gasteiger partial charge in [-0.25, -0.2) is 13.4 Å². The summed E-state index contributed by atoms with van der Waals surface area (Å²) in [5, 5.41) is 2.69. The molecule has 0 saturated carbocycles. The smallest absolute Gasteiger partial charge is 0.259 e. The molecule has 0 spiro atoms. The van der Waals surface area contributed by atoms with E-state index < -0.39 is 15.9 Å². The first-order valence-corrected chi connectivity index (χ1v) is 10.3. The molecule has 0 unspecified atom stereocenters. The number of hydrogen-bond donors (Lipinski definition) is 1. The lowest BCUT2D eigenvalue weighted by Gasteiger charge is -2.17. The highest BCUT2D eigenvalue weighted by atomic mass is 32.2. The third kappa shape index (κ3) is 5.01. The Labute approximate surface area is 179 Å². The van der Waals surface area contributed by atoms with E-state index in [2.05, 4.69) is 20.0 Å². The van der Waals surface area contributed by atoms with Gasteiger partial charge in [0.05, 0.1) is 31.8 Å². The summed E-state index contributed by atoms with van der Waals surface area (Å²) in [6.07, 6.45) is 2.67. The molecule has 0 fully saturated rings. The number of sulfonamides is 1. The molecule has 1 N–H and O–H groups in total. The number of amides is 1. The fourth-order valence-electron chi connectivity index (χ4n) is 2.59. The fourth-order valence-corrected chi connectivity index (χ4v) is 3.52. The summed E-state index contributed by atoms with van der Waals surface area (Å²) in [7, 11) is 0.228. The average Bonchev–Trinajstić information content (AvgIpc) is 2.79. The van der Waals surface area contributed by atoms with Crippen molar-refractivity contribution in [3.05, 3.63) is 65.1 Å². The van der Waals surface area contributed by atoms with E-state index in [-0.39, 0.29) is 16.6 Å². The zero-order chi connectivity index (χ0) is 22.4. The monoisotopic (exact) mass is 443 g/mol. The summed E-state index contributed by atoms with van der Waals surface area (Å²) in [5.41, 5.74) is 0.684. The van der Waals surface area contributed by atoms with Crippen molar-refractivity contribution in [1.82, 2.24) is 9.97 Å². The van der Waals surface area contributed by atoms with Crippen LogP contribution in [-0.4, -0.2) is 45.6 Å². The minimum Gasteiger partial charge on any atom is -0.497 e. The quantitative estimate of drug-likeness (QED) is 0.562. The Morgan fingerprint density at radius 3 is 2.29 bits per heavy atom. The van der Waals surface area contributed by atoms with Crippen LogP contribution in [-0.2, 0) is 10.0 Å². The number of ether oxygens (including phenoxy) is 3. The SMILES string of the molecule is COc1ccc(C(=O)Nc2ccc(S(=O)(=O)[N-]c3nccnc3OC)cc2)c(OC)c1. The van der Waals surface area contributed by atoms with E-state index in [9.17, 15) is 13.2 Å². The molecule has 0 aliphatic rings. The Morgan fingerprint density at radius 1 is 0.935 bits per heavy atom. The second kappa shape index (κ2) is 9.30. The summed E-state index contributed by atoms with van der Waals surface area (Å²) in [6.45, 7) is 0. The van der Waals surface area contributed by atoms with Crippen LogP contribution >= 0.6 is 0 Å². The van der Waals surface area contributed by atoms with E-state index in [0.717, 1.165) is 0 Å². The zero-order valence-electron chi connectivity index (χ0n) is 16.9. The Hall–Kier alpha value is -3.86. The lowest BCUT2D eigenvalue weighted by atomic mass is 10.1. The van der Waals surface area contributed by atoms with Crippen LogP contribution in [0.4, 0.5) is 11.5 Å². The molecule has 1 aromatic heterocycles. The Balaban J connectivity index is 1.76. The molecule has 11 heteroatoms. The van der Waals surface area contributed by atoms with Crippen LogP contribution in [0.25, 0.3) is 4.72 Å². The molecule has 3 rings (SSSR count). The van der Waals surface area contributed by atoms with Crippen LogP contribution in [0.1, 0.15) is 10.4 Å². The molecule has 0 aliphatic carbocycles. The van der Waals surface area contributed by atoms with Crippen molar-refractivity contribution in [1.29, 1.82) is 0 Å². The Morgan fingerprint density at radius 2 is 1.65 bits per heavy atom. The van der Waals surface area contributed by atoms with Crippen molar-refractivity contribution >= 4 is 27.4 Å². The van der Waals surface area contributed by atoms with Gasteiger partial charge in [-0.1, -0.05) is 6.20 Å². The predicted octanol–water partition coefficient (Wildman–Crippen LogP) is 3.15. The van der Waals surface area contributed by atoms with Crippen LogP contribution in [0.15, 0.2) is 59.8 Å². The molecule has 0 aliphatic heterocycles. The molecule has 31 heavy (non-hydrogen) atoms. The fraction of sp³-hybridized carbons (Fsp3) is 0.150. The number of nitrogens with zero attached hydrogens (tertiary/aromatic N) is 3. The third-order valence-corrected chi connectivity index (χ3v) is 5.39. The molecule has 0 radical (unpaired) electrons. The number of aromatic nitrogens is 2. The lowest BCUT2D eigenvalue weighted by Crippen LogP contribution is -2.13. The van der Waals surface area contributed by atoms with Crippen molar-refractivity contribution < 1.29 is 27.4 Å².